The highest BCUT2D eigenvalue weighted by Gasteiger charge is 2.34. The van der Waals surface area contributed by atoms with Crippen molar-refractivity contribution in [1.29, 1.82) is 0 Å². The van der Waals surface area contributed by atoms with Crippen molar-refractivity contribution >= 4 is 22.6 Å². The average Bonchev–Trinajstić information content (AvgIpc) is 3.80. The molecule has 1 N–H and O–H groups in total. The quantitative estimate of drug-likeness (QED) is 0.227. The number of carbonyl (C=O) groups is 1. The van der Waals surface area contributed by atoms with E-state index in [0.29, 0.717) is 13.1 Å². The van der Waals surface area contributed by atoms with E-state index in [9.17, 15) is 13.6 Å². The Balaban J connectivity index is 1.26. The minimum atomic E-state index is -0.838. The molecule has 5 aromatic rings. The summed E-state index contributed by atoms with van der Waals surface area (Å²) in [5, 5.41) is 4.37. The minimum Gasteiger partial charge on any atom is -0.365 e. The second-order valence-electron chi connectivity index (χ2n) is 10.3. The molecule has 0 saturated heterocycles. The molecular weight excluding hydrogens is 506 g/mol. The molecular formula is C33H28F2N4O. The Hall–Kier alpha value is -4.65. The van der Waals surface area contributed by atoms with Crippen LogP contribution in [0.3, 0.4) is 0 Å². The Labute approximate surface area is 231 Å². The van der Waals surface area contributed by atoms with E-state index >= 15 is 0 Å². The fraction of sp³-hybridized carbons (Fsp3) is 0.182. The van der Waals surface area contributed by atoms with Gasteiger partial charge in [-0.05, 0) is 72.4 Å². The zero-order valence-corrected chi connectivity index (χ0v) is 22.1. The lowest BCUT2D eigenvalue weighted by molar-refractivity contribution is 0.0725. The van der Waals surface area contributed by atoms with Crippen molar-refractivity contribution in [3.05, 3.63) is 125 Å². The minimum absolute atomic E-state index is 0.0560. The van der Waals surface area contributed by atoms with Crippen LogP contribution in [0.4, 0.5) is 14.6 Å². The van der Waals surface area contributed by atoms with Gasteiger partial charge in [-0.1, -0.05) is 54.1 Å². The Bertz CT molecular complexity index is 1720. The highest BCUT2D eigenvalue weighted by atomic mass is 19.1. The van der Waals surface area contributed by atoms with Crippen molar-refractivity contribution in [1.82, 2.24) is 14.9 Å². The van der Waals surface area contributed by atoms with Crippen molar-refractivity contribution in [3.63, 3.8) is 0 Å². The molecule has 200 valence electrons. The van der Waals surface area contributed by atoms with Gasteiger partial charge in [-0.2, -0.15) is 0 Å². The van der Waals surface area contributed by atoms with Crippen molar-refractivity contribution in [3.8, 4) is 11.1 Å². The lowest BCUT2D eigenvalue weighted by Crippen LogP contribution is -2.33. The first kappa shape index (κ1) is 25.6. The number of nitrogens with zero attached hydrogens (tertiary/aromatic N) is 3. The summed E-state index contributed by atoms with van der Waals surface area (Å²) in [6.45, 7) is 3.06. The maximum Gasteiger partial charge on any atom is 0.257 e. The van der Waals surface area contributed by atoms with Crippen molar-refractivity contribution in [2.75, 3.05) is 5.32 Å². The molecule has 0 radical (unpaired) electrons. The summed E-state index contributed by atoms with van der Waals surface area (Å²) >= 11 is 0. The van der Waals surface area contributed by atoms with E-state index in [1.165, 1.54) is 17.2 Å². The van der Waals surface area contributed by atoms with Crippen LogP contribution in [0.25, 0.3) is 22.0 Å². The van der Waals surface area contributed by atoms with Gasteiger partial charge in [-0.3, -0.25) is 4.79 Å². The van der Waals surface area contributed by atoms with Crippen LogP contribution in [0.1, 0.15) is 39.9 Å². The zero-order chi connectivity index (χ0) is 27.6. The van der Waals surface area contributed by atoms with Gasteiger partial charge >= 0.3 is 0 Å². The predicted octanol–water partition coefficient (Wildman–Crippen LogP) is 7.30. The summed E-state index contributed by atoms with van der Waals surface area (Å²) in [7, 11) is 0. The van der Waals surface area contributed by atoms with Crippen LogP contribution in [0.5, 0.6) is 0 Å². The number of amides is 1. The molecule has 0 aliphatic heterocycles. The molecule has 5 nitrogen and oxygen atoms in total. The molecule has 1 amide bonds. The number of halogens is 2. The van der Waals surface area contributed by atoms with Crippen LogP contribution < -0.4 is 5.32 Å². The monoisotopic (exact) mass is 534 g/mol. The third-order valence-electron chi connectivity index (χ3n) is 7.20. The molecule has 1 aliphatic rings. The Kier molecular flexibility index (Phi) is 6.95. The SMILES string of the molecule is Cc1cccc(CNc2ncnc3ccc(-c4cccc(CN(C(=O)c5ccc(F)cc5F)C5CC5)c4)cc23)c1. The van der Waals surface area contributed by atoms with Gasteiger partial charge in [0.25, 0.3) is 5.91 Å². The number of benzene rings is 4. The van der Waals surface area contributed by atoms with Gasteiger partial charge in [0.1, 0.15) is 23.8 Å². The van der Waals surface area contributed by atoms with Crippen molar-refractivity contribution in [2.45, 2.75) is 38.9 Å². The number of fused-ring (bicyclic) bond motifs is 1. The van der Waals surface area contributed by atoms with E-state index in [0.717, 1.165) is 58.4 Å². The maximum atomic E-state index is 14.4. The molecule has 1 aliphatic carbocycles. The number of anilines is 1. The molecule has 4 aromatic carbocycles. The molecule has 7 heteroatoms. The highest BCUT2D eigenvalue weighted by molar-refractivity contribution is 5.95. The summed E-state index contributed by atoms with van der Waals surface area (Å²) in [6.07, 6.45) is 3.31. The number of hydrogen-bond acceptors (Lipinski definition) is 4. The molecule has 6 rings (SSSR count). The van der Waals surface area contributed by atoms with Crippen molar-refractivity contribution < 1.29 is 13.6 Å². The molecule has 1 heterocycles. The second kappa shape index (κ2) is 10.8. The maximum absolute atomic E-state index is 14.4. The lowest BCUT2D eigenvalue weighted by atomic mass is 10.0. The molecule has 40 heavy (non-hydrogen) atoms. The first-order chi connectivity index (χ1) is 19.4. The van der Waals surface area contributed by atoms with Crippen LogP contribution in [0.15, 0.2) is 91.3 Å². The van der Waals surface area contributed by atoms with Gasteiger partial charge < -0.3 is 10.2 Å². The first-order valence-corrected chi connectivity index (χ1v) is 13.3. The summed E-state index contributed by atoms with van der Waals surface area (Å²) < 4.78 is 27.8. The van der Waals surface area contributed by atoms with Gasteiger partial charge in [0.2, 0.25) is 0 Å². The lowest BCUT2D eigenvalue weighted by Gasteiger charge is -2.23. The number of carbonyl (C=O) groups excluding carboxylic acids is 1. The fourth-order valence-electron chi connectivity index (χ4n) is 5.00. The summed E-state index contributed by atoms with van der Waals surface area (Å²) in [5.41, 5.74) is 6.03. The largest absolute Gasteiger partial charge is 0.365 e. The molecule has 0 unspecified atom stereocenters. The van der Waals surface area contributed by atoms with Crippen LogP contribution in [0.2, 0.25) is 0 Å². The Morgan fingerprint density at radius 1 is 0.900 bits per heavy atom. The topological polar surface area (TPSA) is 58.1 Å². The third kappa shape index (κ3) is 5.54. The van der Waals surface area contributed by atoms with E-state index < -0.39 is 17.5 Å². The van der Waals surface area contributed by atoms with Gasteiger partial charge in [0.05, 0.1) is 11.1 Å². The molecule has 1 aromatic heterocycles. The van der Waals surface area contributed by atoms with E-state index in [1.54, 1.807) is 11.2 Å². The smallest absolute Gasteiger partial charge is 0.257 e. The summed E-state index contributed by atoms with van der Waals surface area (Å²) in [5.74, 6) is -1.20. The van der Waals surface area contributed by atoms with E-state index in [2.05, 4.69) is 52.5 Å². The fourth-order valence-corrected chi connectivity index (χ4v) is 5.00. The Morgan fingerprint density at radius 3 is 2.50 bits per heavy atom. The zero-order valence-electron chi connectivity index (χ0n) is 22.1. The third-order valence-corrected chi connectivity index (χ3v) is 7.20. The van der Waals surface area contributed by atoms with Crippen LogP contribution in [-0.4, -0.2) is 26.8 Å². The number of aromatic nitrogens is 2. The molecule has 1 saturated carbocycles. The van der Waals surface area contributed by atoms with E-state index in [1.807, 2.05) is 36.4 Å². The summed E-state index contributed by atoms with van der Waals surface area (Å²) in [4.78, 5) is 23.9. The standard InChI is InChI=1S/C33H28F2N4O/c1-21-4-2-5-22(14-21)18-36-32-29-16-25(8-13-31(29)37-20-38-32)24-7-3-6-23(15-24)19-39(27-10-11-27)33(40)28-12-9-26(34)17-30(28)35/h2-9,12-17,20,27H,10-11,18-19H2,1H3,(H,36,37,38). The first-order valence-electron chi connectivity index (χ1n) is 13.3. The van der Waals surface area contributed by atoms with Crippen LogP contribution in [0, 0.1) is 18.6 Å². The van der Waals surface area contributed by atoms with E-state index in [4.69, 9.17) is 0 Å². The second-order valence-corrected chi connectivity index (χ2v) is 10.3. The van der Waals surface area contributed by atoms with Crippen LogP contribution >= 0.6 is 0 Å². The Morgan fingerprint density at radius 2 is 1.70 bits per heavy atom. The van der Waals surface area contributed by atoms with Gasteiger partial charge in [-0.25, -0.2) is 18.7 Å². The number of nitrogens with one attached hydrogen (secondary N) is 1. The molecule has 0 spiro atoms. The van der Waals surface area contributed by atoms with Gasteiger partial charge in [-0.15, -0.1) is 0 Å². The predicted molar refractivity (Wildman–Crippen MR) is 153 cm³/mol. The number of hydrogen-bond donors (Lipinski definition) is 1. The number of rotatable bonds is 8. The van der Waals surface area contributed by atoms with Gasteiger partial charge in [0.15, 0.2) is 0 Å². The van der Waals surface area contributed by atoms with Crippen molar-refractivity contribution in [2.24, 2.45) is 0 Å². The summed E-state index contributed by atoms with van der Waals surface area (Å²) in [6, 6.07) is 25.6. The number of aryl methyl sites for hydroxylation is 1. The molecule has 1 fully saturated rings. The van der Waals surface area contributed by atoms with Gasteiger partial charge in [0, 0.05) is 30.6 Å². The normalized spacial score (nSPS) is 12.9. The molecule has 0 atom stereocenters. The average molecular weight is 535 g/mol. The van der Waals surface area contributed by atoms with Crippen LogP contribution in [-0.2, 0) is 13.1 Å². The molecule has 0 bridgehead atoms. The highest BCUT2D eigenvalue weighted by Crippen LogP contribution is 2.32. The van der Waals surface area contributed by atoms with E-state index in [-0.39, 0.29) is 11.6 Å².